The molecule has 0 fully saturated rings. The Morgan fingerprint density at radius 2 is 0.584 bits per heavy atom. The van der Waals surface area contributed by atoms with Crippen LogP contribution in [0, 0.1) is 17.8 Å². The van der Waals surface area contributed by atoms with Crippen LogP contribution in [0.2, 0.25) is 0 Å². The SMILES string of the molecule is CCCCCC/C=C\C=C/CCCCCCCC(=O)OC[C@H](COP(=O)(O)OCC(O)COP(=O)(O)OC[C@@H](COC(=O)CCCCCCCCCC(C)C)OC(=O)CCCCCCCCCCCCCCCCCC(C)C)OC(=O)CCCCCCCCCCCCCCCCC(C)CC. The van der Waals surface area contributed by atoms with Gasteiger partial charge in [0.25, 0.3) is 0 Å². The molecule has 4 unspecified atom stereocenters. The van der Waals surface area contributed by atoms with E-state index in [0.717, 1.165) is 127 Å². The number of esters is 4. The number of allylic oxidation sites excluding steroid dienone is 4. The summed E-state index contributed by atoms with van der Waals surface area (Å²) in [4.78, 5) is 73.0. The van der Waals surface area contributed by atoms with Crippen LogP contribution in [0.1, 0.15) is 402 Å². The lowest BCUT2D eigenvalue weighted by molar-refractivity contribution is -0.161. The Labute approximate surface area is 618 Å². The number of carbonyl (C=O) groups excluding carboxylic acids is 4. The molecule has 0 spiro atoms. The highest BCUT2D eigenvalue weighted by Gasteiger charge is 2.30. The van der Waals surface area contributed by atoms with Gasteiger partial charge < -0.3 is 33.8 Å². The molecule has 0 radical (unpaired) electrons. The van der Waals surface area contributed by atoms with Gasteiger partial charge in [0.2, 0.25) is 0 Å². The lowest BCUT2D eigenvalue weighted by atomic mass is 9.99. The molecule has 0 aliphatic heterocycles. The maximum absolute atomic E-state index is 13.1. The number of ether oxygens (including phenoxy) is 4. The predicted molar refractivity (Wildman–Crippen MR) is 414 cm³/mol. The molecule has 0 aliphatic rings. The van der Waals surface area contributed by atoms with Gasteiger partial charge in [-0.25, -0.2) is 9.13 Å². The first-order chi connectivity index (χ1) is 48.8. The van der Waals surface area contributed by atoms with E-state index in [9.17, 15) is 43.2 Å². The van der Waals surface area contributed by atoms with Crippen LogP contribution in [-0.2, 0) is 65.4 Å². The van der Waals surface area contributed by atoms with Gasteiger partial charge in [0, 0.05) is 25.7 Å². The lowest BCUT2D eigenvalue weighted by Crippen LogP contribution is -2.30. The van der Waals surface area contributed by atoms with Gasteiger partial charge in [-0.15, -0.1) is 0 Å². The Morgan fingerprint density at radius 3 is 0.881 bits per heavy atom. The van der Waals surface area contributed by atoms with Crippen LogP contribution >= 0.6 is 15.6 Å². The highest BCUT2D eigenvalue weighted by Crippen LogP contribution is 2.45. The van der Waals surface area contributed by atoms with Gasteiger partial charge in [-0.3, -0.25) is 37.3 Å². The second-order valence-electron chi connectivity index (χ2n) is 30.0. The number of carbonyl (C=O) groups is 4. The van der Waals surface area contributed by atoms with Gasteiger partial charge in [0.05, 0.1) is 26.4 Å². The molecule has 0 amide bonds. The van der Waals surface area contributed by atoms with Crippen molar-refractivity contribution < 1.29 is 80.2 Å². The van der Waals surface area contributed by atoms with Crippen LogP contribution in [0.25, 0.3) is 0 Å². The Morgan fingerprint density at radius 1 is 0.327 bits per heavy atom. The van der Waals surface area contributed by atoms with E-state index in [1.807, 2.05) is 0 Å². The van der Waals surface area contributed by atoms with Gasteiger partial charge in [-0.1, -0.05) is 349 Å². The quantitative estimate of drug-likeness (QED) is 0.0169. The molecule has 0 aromatic carbocycles. The Bertz CT molecular complexity index is 2050. The maximum Gasteiger partial charge on any atom is 0.472 e. The van der Waals surface area contributed by atoms with Crippen molar-refractivity contribution in [1.82, 2.24) is 0 Å². The van der Waals surface area contributed by atoms with Crippen LogP contribution in [0.15, 0.2) is 24.3 Å². The number of hydrogen-bond acceptors (Lipinski definition) is 15. The average Bonchev–Trinajstić information content (AvgIpc) is 0.926. The Balaban J connectivity index is 5.27. The average molecular weight is 1480 g/mol. The minimum absolute atomic E-state index is 0.101. The van der Waals surface area contributed by atoms with Gasteiger partial charge in [-0.05, 0) is 69.1 Å². The number of aliphatic hydroxyl groups excluding tert-OH is 1. The molecule has 0 saturated carbocycles. The fourth-order valence-corrected chi connectivity index (χ4v) is 13.7. The molecule has 0 aliphatic carbocycles. The highest BCUT2D eigenvalue weighted by atomic mass is 31.2. The largest absolute Gasteiger partial charge is 0.472 e. The summed E-state index contributed by atoms with van der Waals surface area (Å²) < 4.78 is 68.7. The van der Waals surface area contributed by atoms with Crippen molar-refractivity contribution in [1.29, 1.82) is 0 Å². The third kappa shape index (κ3) is 74.2. The standard InChI is InChI=1S/C82H156O17P2/c1-8-10-11-12-13-14-15-16-18-25-30-35-42-49-56-63-79(84)92-69-77(98-81(86)66-59-52-44-37-32-27-22-21-24-29-34-41-48-55-62-75(7)9-2)71-96-100(88,89)94-67-76(83)68-95-101(90,91)97-72-78(70-93-80(85)64-57-50-45-38-40-47-54-61-74(5)6)99-82(87)65-58-51-43-36-31-26-20-17-19-23-28-33-39-46-53-60-73(3)4/h14-16,18,73-78,83H,8-13,17,19-72H2,1-7H3,(H,88,89)(H,90,91)/b15-14-,18-16-/t75?,76?,77-,78-/m1/s1. The zero-order chi connectivity index (χ0) is 74.4. The number of phosphoric acid groups is 2. The van der Waals surface area contributed by atoms with E-state index < -0.39 is 97.5 Å². The van der Waals surface area contributed by atoms with E-state index >= 15 is 0 Å². The first-order valence-corrected chi connectivity index (χ1v) is 44.7. The molecule has 0 saturated heterocycles. The summed E-state index contributed by atoms with van der Waals surface area (Å²) in [6.45, 7) is 11.9. The number of hydrogen-bond donors (Lipinski definition) is 3. The van der Waals surface area contributed by atoms with Crippen molar-refractivity contribution in [3.05, 3.63) is 24.3 Å². The topological polar surface area (TPSA) is 237 Å². The fourth-order valence-electron chi connectivity index (χ4n) is 12.1. The van der Waals surface area contributed by atoms with Crippen molar-refractivity contribution in [3.8, 4) is 0 Å². The Kier molecular flexibility index (Phi) is 70.0. The van der Waals surface area contributed by atoms with Crippen LogP contribution in [0.5, 0.6) is 0 Å². The molecule has 0 aromatic rings. The summed E-state index contributed by atoms with van der Waals surface area (Å²) in [5.41, 5.74) is 0. The van der Waals surface area contributed by atoms with E-state index in [2.05, 4.69) is 72.8 Å². The number of unbranched alkanes of at least 4 members (excludes halogenated alkanes) is 42. The summed E-state index contributed by atoms with van der Waals surface area (Å²) in [7, 11) is -9.93. The molecule has 0 heterocycles. The fraction of sp³-hybridized carbons (Fsp3) is 0.902. The van der Waals surface area contributed by atoms with E-state index in [4.69, 9.17) is 37.0 Å². The van der Waals surface area contributed by atoms with Crippen molar-refractivity contribution in [2.45, 2.75) is 420 Å². The van der Waals surface area contributed by atoms with Crippen molar-refractivity contribution in [3.63, 3.8) is 0 Å². The molecule has 0 rings (SSSR count). The molecule has 0 aromatic heterocycles. The number of aliphatic hydroxyl groups is 1. The number of phosphoric ester groups is 2. The first kappa shape index (κ1) is 98.5. The third-order valence-electron chi connectivity index (χ3n) is 18.9. The molecule has 19 heteroatoms. The van der Waals surface area contributed by atoms with Gasteiger partial charge in [-0.2, -0.15) is 0 Å². The summed E-state index contributed by atoms with van der Waals surface area (Å²) >= 11 is 0. The third-order valence-corrected chi connectivity index (χ3v) is 20.8. The van der Waals surface area contributed by atoms with E-state index in [1.54, 1.807) is 0 Å². The minimum Gasteiger partial charge on any atom is -0.462 e. The molecule has 596 valence electrons. The van der Waals surface area contributed by atoms with E-state index in [1.165, 1.54) is 186 Å². The molecule has 0 bridgehead atoms. The second kappa shape index (κ2) is 71.8. The zero-order valence-corrected chi connectivity index (χ0v) is 67.6. The van der Waals surface area contributed by atoms with Crippen molar-refractivity contribution in [2.24, 2.45) is 17.8 Å². The van der Waals surface area contributed by atoms with Crippen LogP contribution in [0.4, 0.5) is 0 Å². The first-order valence-electron chi connectivity index (χ1n) is 41.7. The Hall–Kier alpha value is -2.46. The molecule has 6 atom stereocenters. The summed E-state index contributed by atoms with van der Waals surface area (Å²) in [5, 5.41) is 10.6. The zero-order valence-electron chi connectivity index (χ0n) is 65.9. The van der Waals surface area contributed by atoms with Crippen LogP contribution in [-0.4, -0.2) is 96.7 Å². The summed E-state index contributed by atoms with van der Waals surface area (Å²) in [6, 6.07) is 0. The normalized spacial score (nSPS) is 14.4. The van der Waals surface area contributed by atoms with Crippen molar-refractivity contribution >= 4 is 39.5 Å². The van der Waals surface area contributed by atoms with Crippen LogP contribution < -0.4 is 0 Å². The van der Waals surface area contributed by atoms with Crippen molar-refractivity contribution in [2.75, 3.05) is 39.6 Å². The van der Waals surface area contributed by atoms with E-state index in [0.29, 0.717) is 31.6 Å². The van der Waals surface area contributed by atoms with Gasteiger partial charge in [0.1, 0.15) is 19.3 Å². The van der Waals surface area contributed by atoms with Gasteiger partial charge in [0.15, 0.2) is 12.2 Å². The monoisotopic (exact) mass is 1480 g/mol. The van der Waals surface area contributed by atoms with Crippen LogP contribution in [0.3, 0.4) is 0 Å². The number of rotatable bonds is 78. The van der Waals surface area contributed by atoms with E-state index in [-0.39, 0.29) is 25.7 Å². The molecule has 3 N–H and O–H groups in total. The second-order valence-corrected chi connectivity index (χ2v) is 32.9. The lowest BCUT2D eigenvalue weighted by Gasteiger charge is -2.21. The smallest absolute Gasteiger partial charge is 0.462 e. The van der Waals surface area contributed by atoms with Gasteiger partial charge >= 0.3 is 39.5 Å². The predicted octanol–water partition coefficient (Wildman–Crippen LogP) is 24.1. The minimum atomic E-state index is -4.97. The summed E-state index contributed by atoms with van der Waals surface area (Å²) in [6.07, 6.45) is 63.2. The molecule has 101 heavy (non-hydrogen) atoms. The molecule has 17 nitrogen and oxygen atoms in total. The molecular weight excluding hydrogens is 1320 g/mol. The maximum atomic E-state index is 13.1. The highest BCUT2D eigenvalue weighted by molar-refractivity contribution is 7.47. The summed E-state index contributed by atoms with van der Waals surface area (Å²) in [5.74, 6) is 0.208. The molecular formula is C82H156O17P2.